The van der Waals surface area contributed by atoms with Gasteiger partial charge in [-0.2, -0.15) is 0 Å². The molecule has 0 aromatic heterocycles. The van der Waals surface area contributed by atoms with Gasteiger partial charge in [-0.3, -0.25) is 19.4 Å². The Kier molecular flexibility index (Phi) is 4.28. The summed E-state index contributed by atoms with van der Waals surface area (Å²) in [5.74, 6) is -0.213. The Morgan fingerprint density at radius 2 is 1.96 bits per heavy atom. The molecule has 1 aromatic rings. The number of amides is 3. The first kappa shape index (κ1) is 16.4. The SMILES string of the molecule is Cc1ccccc1CN1CC2N(C(=O)CN(C)N2C=O)[C@@H](C)C1=O. The Hall–Kier alpha value is -2.41. The summed E-state index contributed by atoms with van der Waals surface area (Å²) in [6.45, 7) is 4.63. The van der Waals surface area contributed by atoms with Gasteiger partial charge in [0.15, 0.2) is 0 Å². The van der Waals surface area contributed by atoms with Gasteiger partial charge in [0.25, 0.3) is 0 Å². The number of rotatable bonds is 3. The molecule has 128 valence electrons. The maximum atomic E-state index is 12.7. The Morgan fingerprint density at radius 3 is 2.62 bits per heavy atom. The Morgan fingerprint density at radius 1 is 1.25 bits per heavy atom. The molecular weight excluding hydrogens is 308 g/mol. The van der Waals surface area contributed by atoms with Crippen molar-refractivity contribution in [1.82, 2.24) is 19.8 Å². The van der Waals surface area contributed by atoms with Gasteiger partial charge in [-0.15, -0.1) is 0 Å². The van der Waals surface area contributed by atoms with Crippen LogP contribution in [0.5, 0.6) is 0 Å². The molecule has 2 saturated heterocycles. The van der Waals surface area contributed by atoms with Gasteiger partial charge in [-0.1, -0.05) is 24.3 Å². The number of hydrogen-bond acceptors (Lipinski definition) is 4. The smallest absolute Gasteiger partial charge is 0.245 e. The van der Waals surface area contributed by atoms with Gasteiger partial charge < -0.3 is 9.80 Å². The number of piperazine rings is 1. The first-order chi connectivity index (χ1) is 11.4. The monoisotopic (exact) mass is 330 g/mol. The fourth-order valence-corrected chi connectivity index (χ4v) is 3.48. The molecule has 7 nitrogen and oxygen atoms in total. The van der Waals surface area contributed by atoms with Crippen LogP contribution >= 0.6 is 0 Å². The number of carbonyl (C=O) groups excluding carboxylic acids is 3. The number of nitrogens with zero attached hydrogens (tertiary/aromatic N) is 4. The minimum atomic E-state index is -0.573. The summed E-state index contributed by atoms with van der Waals surface area (Å²) in [7, 11) is 1.70. The highest BCUT2D eigenvalue weighted by Gasteiger charge is 2.47. The molecule has 2 atom stereocenters. The second kappa shape index (κ2) is 6.24. The molecule has 3 rings (SSSR count). The minimum absolute atomic E-state index is 0.0849. The largest absolute Gasteiger partial charge is 0.333 e. The Bertz CT molecular complexity index is 678. The van der Waals surface area contributed by atoms with Crippen LogP contribution in [0, 0.1) is 6.92 Å². The first-order valence-electron chi connectivity index (χ1n) is 8.03. The zero-order valence-corrected chi connectivity index (χ0v) is 14.2. The van der Waals surface area contributed by atoms with E-state index in [4.69, 9.17) is 0 Å². The summed E-state index contributed by atoms with van der Waals surface area (Å²) in [4.78, 5) is 39.8. The van der Waals surface area contributed by atoms with Crippen molar-refractivity contribution < 1.29 is 14.4 Å². The number of hydrazine groups is 1. The summed E-state index contributed by atoms with van der Waals surface area (Å²) in [5, 5.41) is 3.10. The van der Waals surface area contributed by atoms with Gasteiger partial charge in [0.1, 0.15) is 12.2 Å². The molecule has 1 aromatic carbocycles. The van der Waals surface area contributed by atoms with Gasteiger partial charge in [0, 0.05) is 13.6 Å². The molecule has 0 radical (unpaired) electrons. The predicted octanol–water partition coefficient (Wildman–Crippen LogP) is 0.199. The predicted molar refractivity (Wildman–Crippen MR) is 87.2 cm³/mol. The van der Waals surface area contributed by atoms with E-state index >= 15 is 0 Å². The lowest BCUT2D eigenvalue weighted by molar-refractivity contribution is -0.195. The molecule has 2 aliphatic rings. The minimum Gasteiger partial charge on any atom is -0.333 e. The average molecular weight is 330 g/mol. The molecular formula is C17H22N4O3. The Balaban J connectivity index is 1.88. The van der Waals surface area contributed by atoms with E-state index in [1.165, 1.54) is 9.91 Å². The maximum absolute atomic E-state index is 12.7. The second-order valence-corrected chi connectivity index (χ2v) is 6.40. The molecule has 7 heteroatoms. The van der Waals surface area contributed by atoms with Crippen LogP contribution in [-0.2, 0) is 20.9 Å². The number of carbonyl (C=O) groups is 3. The molecule has 24 heavy (non-hydrogen) atoms. The first-order valence-corrected chi connectivity index (χ1v) is 8.03. The zero-order valence-electron chi connectivity index (χ0n) is 14.2. The van der Waals surface area contributed by atoms with Crippen LogP contribution < -0.4 is 0 Å². The topological polar surface area (TPSA) is 64.2 Å². The molecule has 2 heterocycles. The highest BCUT2D eigenvalue weighted by molar-refractivity contribution is 5.90. The zero-order chi connectivity index (χ0) is 17.4. The summed E-state index contributed by atoms with van der Waals surface area (Å²) in [6.07, 6.45) is 0.268. The van der Waals surface area contributed by atoms with Crippen LogP contribution in [0.25, 0.3) is 0 Å². The number of hydrogen-bond donors (Lipinski definition) is 0. The molecule has 0 spiro atoms. The van der Waals surface area contributed by atoms with Crippen molar-refractivity contribution >= 4 is 18.2 Å². The molecule has 2 aliphatic heterocycles. The van der Waals surface area contributed by atoms with Gasteiger partial charge in [-0.05, 0) is 25.0 Å². The highest BCUT2D eigenvalue weighted by Crippen LogP contribution is 2.25. The van der Waals surface area contributed by atoms with Crippen molar-refractivity contribution in [3.63, 3.8) is 0 Å². The van der Waals surface area contributed by atoms with Gasteiger partial charge >= 0.3 is 0 Å². The van der Waals surface area contributed by atoms with Crippen molar-refractivity contribution in [1.29, 1.82) is 0 Å². The van der Waals surface area contributed by atoms with Gasteiger partial charge in [-0.25, -0.2) is 5.01 Å². The fourth-order valence-electron chi connectivity index (χ4n) is 3.48. The lowest BCUT2D eigenvalue weighted by Gasteiger charge is -2.53. The van der Waals surface area contributed by atoms with E-state index in [1.807, 2.05) is 31.2 Å². The number of aryl methyl sites for hydroxylation is 1. The standard InChI is InChI=1S/C17H22N4O3/c1-12-6-4-5-7-14(12)8-19-9-15-20(11-22)18(3)10-16(23)21(15)13(2)17(19)24/h4-7,11,13,15H,8-10H2,1-3H3/t13-,15?/m0/s1. The number of benzene rings is 1. The third kappa shape index (κ3) is 2.65. The fraction of sp³-hybridized carbons (Fsp3) is 0.471. The molecule has 0 aliphatic carbocycles. The molecule has 2 fully saturated rings. The summed E-state index contributed by atoms with van der Waals surface area (Å²) < 4.78 is 0. The third-order valence-corrected chi connectivity index (χ3v) is 4.87. The van der Waals surface area contributed by atoms with Gasteiger partial charge in [0.2, 0.25) is 18.2 Å². The van der Waals surface area contributed by atoms with E-state index in [1.54, 1.807) is 23.9 Å². The van der Waals surface area contributed by atoms with Crippen LogP contribution in [0.4, 0.5) is 0 Å². The summed E-state index contributed by atoms with van der Waals surface area (Å²) in [5.41, 5.74) is 2.18. The third-order valence-electron chi connectivity index (χ3n) is 4.87. The van der Waals surface area contributed by atoms with Crippen molar-refractivity contribution in [3.8, 4) is 0 Å². The molecule has 1 unspecified atom stereocenters. The quantitative estimate of drug-likeness (QED) is 0.743. The summed E-state index contributed by atoms with van der Waals surface area (Å²) in [6, 6.07) is 7.34. The average Bonchev–Trinajstić information content (AvgIpc) is 2.54. The number of fused-ring (bicyclic) bond motifs is 1. The van der Waals surface area contributed by atoms with E-state index in [-0.39, 0.29) is 18.4 Å². The van der Waals surface area contributed by atoms with Crippen LogP contribution in [-0.4, -0.2) is 70.4 Å². The van der Waals surface area contributed by atoms with Crippen LogP contribution in [0.2, 0.25) is 0 Å². The van der Waals surface area contributed by atoms with Crippen molar-refractivity contribution in [2.24, 2.45) is 0 Å². The van der Waals surface area contributed by atoms with Crippen molar-refractivity contribution in [3.05, 3.63) is 35.4 Å². The second-order valence-electron chi connectivity index (χ2n) is 6.40. The molecule has 0 N–H and O–H groups in total. The molecule has 3 amide bonds. The van der Waals surface area contributed by atoms with Crippen molar-refractivity contribution in [2.75, 3.05) is 20.1 Å². The molecule has 0 saturated carbocycles. The van der Waals surface area contributed by atoms with E-state index in [0.29, 0.717) is 13.1 Å². The highest BCUT2D eigenvalue weighted by atomic mass is 16.2. The van der Waals surface area contributed by atoms with E-state index in [2.05, 4.69) is 0 Å². The normalized spacial score (nSPS) is 25.0. The van der Waals surface area contributed by atoms with E-state index < -0.39 is 12.2 Å². The van der Waals surface area contributed by atoms with E-state index in [9.17, 15) is 14.4 Å². The van der Waals surface area contributed by atoms with Crippen LogP contribution in [0.15, 0.2) is 24.3 Å². The lowest BCUT2D eigenvalue weighted by Crippen LogP contribution is -2.73. The number of likely N-dealkylation sites (N-methyl/N-ethyl adjacent to an activating group) is 1. The van der Waals surface area contributed by atoms with Crippen LogP contribution in [0.1, 0.15) is 18.1 Å². The molecule has 0 bridgehead atoms. The Labute approximate surface area is 141 Å². The van der Waals surface area contributed by atoms with Gasteiger partial charge in [0.05, 0.1) is 13.1 Å². The maximum Gasteiger partial charge on any atom is 0.245 e. The van der Waals surface area contributed by atoms with Crippen molar-refractivity contribution in [2.45, 2.75) is 32.6 Å². The van der Waals surface area contributed by atoms with E-state index in [0.717, 1.165) is 17.5 Å². The van der Waals surface area contributed by atoms with Crippen LogP contribution in [0.3, 0.4) is 0 Å². The lowest BCUT2D eigenvalue weighted by atomic mass is 10.0. The summed E-state index contributed by atoms with van der Waals surface area (Å²) >= 11 is 0.